The number of nitrogens with one attached hydrogen (secondary N) is 1. The van der Waals surface area contributed by atoms with Crippen molar-refractivity contribution < 1.29 is 22.7 Å². The summed E-state index contributed by atoms with van der Waals surface area (Å²) in [6.45, 7) is 2.01. The molecule has 1 atom stereocenters. The zero-order valence-corrected chi connectivity index (χ0v) is 11.0. The van der Waals surface area contributed by atoms with Crippen molar-refractivity contribution in [3.05, 3.63) is 0 Å². The minimum Gasteiger partial charge on any atom is -0.393 e. The van der Waals surface area contributed by atoms with Crippen LogP contribution in [0, 0.1) is 11.8 Å². The first-order valence-corrected chi connectivity index (χ1v) is 5.77. The molecule has 4 nitrogen and oxygen atoms in total. The van der Waals surface area contributed by atoms with Crippen molar-refractivity contribution in [1.82, 2.24) is 5.32 Å². The number of nitrogens with two attached hydrogens (primary N) is 1. The highest BCUT2D eigenvalue weighted by molar-refractivity contribution is 7.80. The minimum atomic E-state index is -4.36. The molecule has 106 valence electrons. The van der Waals surface area contributed by atoms with Crippen LogP contribution < -0.4 is 11.1 Å². The average molecular weight is 286 g/mol. The molecule has 0 spiro atoms. The molecule has 0 aliphatic rings. The van der Waals surface area contributed by atoms with Gasteiger partial charge in [0.1, 0.15) is 6.61 Å². The predicted octanol–water partition coefficient (Wildman–Crippen LogP) is 1.24. The molecule has 18 heavy (non-hydrogen) atoms. The summed E-state index contributed by atoms with van der Waals surface area (Å²) >= 11 is 4.76. The number of rotatable bonds is 7. The van der Waals surface area contributed by atoms with Gasteiger partial charge in [0.15, 0.2) is 0 Å². The summed E-state index contributed by atoms with van der Waals surface area (Å²) in [4.78, 5) is 11.7. The van der Waals surface area contributed by atoms with Gasteiger partial charge in [0.05, 0.1) is 17.5 Å². The average Bonchev–Trinajstić information content (AvgIpc) is 2.13. The number of hydrogen-bond donors (Lipinski definition) is 2. The van der Waals surface area contributed by atoms with Gasteiger partial charge in [-0.3, -0.25) is 4.79 Å². The van der Waals surface area contributed by atoms with Crippen LogP contribution >= 0.6 is 12.2 Å². The van der Waals surface area contributed by atoms with E-state index < -0.39 is 24.6 Å². The number of ether oxygens (including phenoxy) is 1. The van der Waals surface area contributed by atoms with Crippen LogP contribution in [0.25, 0.3) is 0 Å². The fourth-order valence-electron chi connectivity index (χ4n) is 1.30. The molecule has 0 bridgehead atoms. The van der Waals surface area contributed by atoms with Crippen LogP contribution in [0.3, 0.4) is 0 Å². The minimum absolute atomic E-state index is 0.0131. The summed E-state index contributed by atoms with van der Waals surface area (Å²) in [6.07, 6.45) is -4.36. The van der Waals surface area contributed by atoms with Gasteiger partial charge in [-0.2, -0.15) is 13.2 Å². The Hall–Kier alpha value is -0.890. The van der Waals surface area contributed by atoms with Crippen LogP contribution in [0.1, 0.15) is 13.8 Å². The number of alkyl halides is 3. The number of thiocarbonyl (C=S) groups is 1. The van der Waals surface area contributed by atoms with E-state index in [0.29, 0.717) is 0 Å². The van der Waals surface area contributed by atoms with Crippen LogP contribution in [-0.4, -0.2) is 36.8 Å². The standard InChI is InChI=1S/C10H17F3N2O2S/c1-6(2)7(8(14)18)9(16)15-3-4-17-5-10(11,12)13/h6-7H,3-5H2,1-2H3,(H2,14,18)(H,15,16). The van der Waals surface area contributed by atoms with Crippen molar-refractivity contribution in [3.63, 3.8) is 0 Å². The third-order valence-electron chi connectivity index (χ3n) is 2.07. The third kappa shape index (κ3) is 7.44. The van der Waals surface area contributed by atoms with E-state index in [1.54, 1.807) is 13.8 Å². The molecule has 0 saturated heterocycles. The summed E-state index contributed by atoms with van der Waals surface area (Å²) in [6, 6.07) is 0. The van der Waals surface area contributed by atoms with Crippen LogP contribution in [-0.2, 0) is 9.53 Å². The number of halogens is 3. The first-order valence-electron chi connectivity index (χ1n) is 5.36. The maximum Gasteiger partial charge on any atom is 0.411 e. The number of carbonyl (C=O) groups excluding carboxylic acids is 1. The highest BCUT2D eigenvalue weighted by Gasteiger charge is 2.27. The summed E-state index contributed by atoms with van der Waals surface area (Å²) in [5, 5.41) is 2.43. The Bertz CT molecular complexity index is 295. The number of carbonyl (C=O) groups is 1. The van der Waals surface area contributed by atoms with Gasteiger partial charge in [-0.1, -0.05) is 26.1 Å². The summed E-state index contributed by atoms with van der Waals surface area (Å²) < 4.78 is 39.6. The van der Waals surface area contributed by atoms with E-state index in [-0.39, 0.29) is 24.1 Å². The number of amides is 1. The molecule has 3 N–H and O–H groups in total. The topological polar surface area (TPSA) is 64.3 Å². The fourth-order valence-corrected chi connectivity index (χ4v) is 1.68. The van der Waals surface area contributed by atoms with Crippen molar-refractivity contribution in [3.8, 4) is 0 Å². The second kappa shape index (κ2) is 7.52. The van der Waals surface area contributed by atoms with Crippen molar-refractivity contribution in [2.45, 2.75) is 20.0 Å². The van der Waals surface area contributed by atoms with E-state index in [9.17, 15) is 18.0 Å². The first kappa shape index (κ1) is 17.1. The van der Waals surface area contributed by atoms with E-state index >= 15 is 0 Å². The van der Waals surface area contributed by atoms with Crippen LogP contribution in [0.15, 0.2) is 0 Å². The highest BCUT2D eigenvalue weighted by Crippen LogP contribution is 2.14. The molecule has 0 saturated carbocycles. The lowest BCUT2D eigenvalue weighted by Crippen LogP contribution is -2.42. The zero-order chi connectivity index (χ0) is 14.3. The maximum atomic E-state index is 11.7. The Kier molecular flexibility index (Phi) is 7.15. The van der Waals surface area contributed by atoms with Gasteiger partial charge >= 0.3 is 6.18 Å². The van der Waals surface area contributed by atoms with E-state index in [1.807, 2.05) is 0 Å². The van der Waals surface area contributed by atoms with Crippen LogP contribution in [0.2, 0.25) is 0 Å². The largest absolute Gasteiger partial charge is 0.411 e. The Morgan fingerprint density at radius 3 is 2.39 bits per heavy atom. The fraction of sp³-hybridized carbons (Fsp3) is 0.800. The van der Waals surface area contributed by atoms with E-state index in [2.05, 4.69) is 10.1 Å². The second-order valence-electron chi connectivity index (χ2n) is 4.08. The van der Waals surface area contributed by atoms with Gasteiger partial charge in [0, 0.05) is 6.54 Å². The Balaban J connectivity index is 3.93. The molecular weight excluding hydrogens is 269 g/mol. The molecule has 1 unspecified atom stereocenters. The van der Waals surface area contributed by atoms with Crippen molar-refractivity contribution in [1.29, 1.82) is 0 Å². The van der Waals surface area contributed by atoms with Gasteiger partial charge < -0.3 is 15.8 Å². The molecule has 0 aromatic rings. The number of hydrogen-bond acceptors (Lipinski definition) is 3. The molecular formula is C10H17F3N2O2S. The summed E-state index contributed by atoms with van der Waals surface area (Å²) in [5.74, 6) is -1.09. The first-order chi connectivity index (χ1) is 8.15. The second-order valence-corrected chi connectivity index (χ2v) is 4.55. The van der Waals surface area contributed by atoms with Gasteiger partial charge in [0.2, 0.25) is 5.91 Å². The van der Waals surface area contributed by atoms with Crippen LogP contribution in [0.5, 0.6) is 0 Å². The van der Waals surface area contributed by atoms with Gasteiger partial charge in [0.25, 0.3) is 0 Å². The quantitative estimate of drug-likeness (QED) is 0.546. The lowest BCUT2D eigenvalue weighted by Gasteiger charge is -2.18. The summed E-state index contributed by atoms with van der Waals surface area (Å²) in [5.41, 5.74) is 5.42. The molecule has 0 radical (unpaired) electrons. The highest BCUT2D eigenvalue weighted by atomic mass is 32.1. The monoisotopic (exact) mass is 286 g/mol. The SMILES string of the molecule is CC(C)C(C(=O)NCCOCC(F)(F)F)C(N)=S. The lowest BCUT2D eigenvalue weighted by atomic mass is 9.95. The molecule has 0 aromatic carbocycles. The van der Waals surface area contributed by atoms with Gasteiger partial charge in [-0.05, 0) is 5.92 Å². The van der Waals surface area contributed by atoms with Crippen molar-refractivity contribution in [2.24, 2.45) is 17.6 Å². The molecule has 0 aliphatic heterocycles. The van der Waals surface area contributed by atoms with E-state index in [4.69, 9.17) is 18.0 Å². The molecule has 0 heterocycles. The summed E-state index contributed by atoms with van der Waals surface area (Å²) in [7, 11) is 0. The molecule has 8 heteroatoms. The molecule has 0 rings (SSSR count). The van der Waals surface area contributed by atoms with E-state index in [1.165, 1.54) is 0 Å². The van der Waals surface area contributed by atoms with Gasteiger partial charge in [-0.15, -0.1) is 0 Å². The van der Waals surface area contributed by atoms with Gasteiger partial charge in [-0.25, -0.2) is 0 Å². The Morgan fingerprint density at radius 2 is 2.00 bits per heavy atom. The smallest absolute Gasteiger partial charge is 0.393 e. The zero-order valence-electron chi connectivity index (χ0n) is 10.2. The van der Waals surface area contributed by atoms with E-state index in [0.717, 1.165) is 0 Å². The molecule has 0 fully saturated rings. The molecule has 0 aliphatic carbocycles. The molecule has 0 aromatic heterocycles. The maximum absolute atomic E-state index is 11.7. The lowest BCUT2D eigenvalue weighted by molar-refractivity contribution is -0.173. The Labute approximate surface area is 109 Å². The predicted molar refractivity (Wildman–Crippen MR) is 65.0 cm³/mol. The van der Waals surface area contributed by atoms with Crippen molar-refractivity contribution in [2.75, 3.05) is 19.8 Å². The van der Waals surface area contributed by atoms with Crippen molar-refractivity contribution >= 4 is 23.1 Å². The Morgan fingerprint density at radius 1 is 1.44 bits per heavy atom. The van der Waals surface area contributed by atoms with Crippen LogP contribution in [0.4, 0.5) is 13.2 Å². The third-order valence-corrected chi connectivity index (χ3v) is 2.32. The normalized spacial score (nSPS) is 13.4. The molecule has 1 amide bonds.